The molecule has 2 rings (SSSR count). The fraction of sp³-hybridized carbons (Fsp3) is 0.308. The molecule has 0 radical (unpaired) electrons. The fourth-order valence-electron chi connectivity index (χ4n) is 1.74. The van der Waals surface area contributed by atoms with E-state index in [-0.39, 0.29) is 5.69 Å². The normalized spacial score (nSPS) is 10.6. The summed E-state index contributed by atoms with van der Waals surface area (Å²) in [7, 11) is 1.90. The van der Waals surface area contributed by atoms with Gasteiger partial charge in [-0.1, -0.05) is 6.07 Å². The number of hydrogen-bond acceptors (Lipinski definition) is 4. The summed E-state index contributed by atoms with van der Waals surface area (Å²) in [6.45, 7) is 3.21. The molecular formula is C13H16N4O2. The topological polar surface area (TPSA) is 80.0 Å². The zero-order valence-corrected chi connectivity index (χ0v) is 10.9. The lowest BCUT2D eigenvalue weighted by atomic mass is 10.2. The Kier molecular flexibility index (Phi) is 3.91. The third-order valence-corrected chi connectivity index (χ3v) is 2.98. The van der Waals surface area contributed by atoms with Gasteiger partial charge in [-0.05, 0) is 19.1 Å². The number of rotatable bonds is 5. The van der Waals surface area contributed by atoms with Crippen LogP contribution in [0.25, 0.3) is 0 Å². The van der Waals surface area contributed by atoms with E-state index in [0.717, 1.165) is 11.3 Å². The van der Waals surface area contributed by atoms with Gasteiger partial charge in [0.1, 0.15) is 5.69 Å². The molecule has 2 N–H and O–H groups in total. The van der Waals surface area contributed by atoms with E-state index in [1.807, 2.05) is 24.9 Å². The van der Waals surface area contributed by atoms with Crippen molar-refractivity contribution in [3.05, 3.63) is 47.0 Å². The molecule has 0 bridgehead atoms. The van der Waals surface area contributed by atoms with Crippen LogP contribution in [-0.2, 0) is 20.1 Å². The predicted molar refractivity (Wildman–Crippen MR) is 69.7 cm³/mol. The lowest BCUT2D eigenvalue weighted by molar-refractivity contribution is 0.0690. The van der Waals surface area contributed by atoms with Gasteiger partial charge in [0, 0.05) is 31.4 Å². The molecule has 0 aliphatic rings. The van der Waals surface area contributed by atoms with Gasteiger partial charge in [0.2, 0.25) is 0 Å². The highest BCUT2D eigenvalue weighted by molar-refractivity contribution is 5.85. The summed E-state index contributed by atoms with van der Waals surface area (Å²) < 4.78 is 1.82. The molecule has 0 amide bonds. The predicted octanol–water partition coefficient (Wildman–Crippen LogP) is 1.11. The Balaban J connectivity index is 1.94. The molecule has 100 valence electrons. The number of carboxylic acid groups (broad SMARTS) is 1. The minimum absolute atomic E-state index is 0.0665. The quantitative estimate of drug-likeness (QED) is 0.841. The number of hydrogen-bond donors (Lipinski definition) is 2. The van der Waals surface area contributed by atoms with Crippen molar-refractivity contribution in [2.24, 2.45) is 7.05 Å². The second-order valence-electron chi connectivity index (χ2n) is 4.30. The van der Waals surface area contributed by atoms with Crippen LogP contribution in [-0.4, -0.2) is 25.8 Å². The lowest BCUT2D eigenvalue weighted by Gasteiger charge is -2.05. The maximum atomic E-state index is 10.8. The molecule has 6 nitrogen and oxygen atoms in total. The van der Waals surface area contributed by atoms with Crippen LogP contribution in [0.5, 0.6) is 0 Å². The van der Waals surface area contributed by atoms with Gasteiger partial charge in [0.05, 0.1) is 11.9 Å². The van der Waals surface area contributed by atoms with Crippen LogP contribution in [0.4, 0.5) is 0 Å². The van der Waals surface area contributed by atoms with Crippen molar-refractivity contribution in [2.45, 2.75) is 20.0 Å². The number of aromatic carboxylic acids is 1. The molecule has 0 spiro atoms. The molecular weight excluding hydrogens is 244 g/mol. The van der Waals surface area contributed by atoms with E-state index >= 15 is 0 Å². The zero-order chi connectivity index (χ0) is 13.8. The van der Waals surface area contributed by atoms with Crippen molar-refractivity contribution >= 4 is 5.97 Å². The molecule has 0 aromatic carbocycles. The Morgan fingerprint density at radius 1 is 1.42 bits per heavy atom. The first-order chi connectivity index (χ1) is 9.08. The van der Waals surface area contributed by atoms with E-state index in [9.17, 15) is 4.79 Å². The summed E-state index contributed by atoms with van der Waals surface area (Å²) in [5.41, 5.74) is 3.01. The van der Waals surface area contributed by atoms with Crippen LogP contribution < -0.4 is 5.32 Å². The van der Waals surface area contributed by atoms with E-state index in [2.05, 4.69) is 15.4 Å². The van der Waals surface area contributed by atoms with Crippen LogP contribution in [0.1, 0.15) is 27.4 Å². The van der Waals surface area contributed by atoms with Crippen LogP contribution in [0.2, 0.25) is 0 Å². The molecule has 2 aromatic heterocycles. The van der Waals surface area contributed by atoms with Crippen molar-refractivity contribution in [3.63, 3.8) is 0 Å². The Morgan fingerprint density at radius 2 is 2.21 bits per heavy atom. The summed E-state index contributed by atoms with van der Waals surface area (Å²) in [5, 5.41) is 16.2. The van der Waals surface area contributed by atoms with Crippen molar-refractivity contribution in [1.29, 1.82) is 0 Å². The number of aryl methyl sites for hydroxylation is 1. The number of pyridine rings is 1. The van der Waals surface area contributed by atoms with E-state index in [1.165, 1.54) is 6.07 Å². The molecule has 0 unspecified atom stereocenters. The van der Waals surface area contributed by atoms with Crippen LogP contribution >= 0.6 is 0 Å². The SMILES string of the molecule is Cc1c(CNCc2cccc(C(=O)O)n2)cnn1C. The Labute approximate surface area is 111 Å². The van der Waals surface area contributed by atoms with Crippen molar-refractivity contribution < 1.29 is 9.90 Å². The summed E-state index contributed by atoms with van der Waals surface area (Å²) in [6.07, 6.45) is 1.82. The number of carbonyl (C=O) groups is 1. The Hall–Kier alpha value is -2.21. The summed E-state index contributed by atoms with van der Waals surface area (Å²) in [5.74, 6) is -1.01. The van der Waals surface area contributed by atoms with Crippen molar-refractivity contribution in [3.8, 4) is 0 Å². The highest BCUT2D eigenvalue weighted by atomic mass is 16.4. The molecule has 0 aliphatic carbocycles. The van der Waals surface area contributed by atoms with Crippen LogP contribution in [0.15, 0.2) is 24.4 Å². The van der Waals surface area contributed by atoms with E-state index in [4.69, 9.17) is 5.11 Å². The minimum Gasteiger partial charge on any atom is -0.477 e. The van der Waals surface area contributed by atoms with Crippen molar-refractivity contribution in [1.82, 2.24) is 20.1 Å². The first-order valence-electron chi connectivity index (χ1n) is 5.95. The summed E-state index contributed by atoms with van der Waals surface area (Å²) in [4.78, 5) is 14.9. The maximum Gasteiger partial charge on any atom is 0.354 e. The fourth-order valence-corrected chi connectivity index (χ4v) is 1.74. The highest BCUT2D eigenvalue weighted by Crippen LogP contribution is 2.05. The van der Waals surface area contributed by atoms with E-state index in [0.29, 0.717) is 18.8 Å². The zero-order valence-electron chi connectivity index (χ0n) is 10.9. The third-order valence-electron chi connectivity index (χ3n) is 2.98. The van der Waals surface area contributed by atoms with Crippen molar-refractivity contribution in [2.75, 3.05) is 0 Å². The third kappa shape index (κ3) is 3.17. The van der Waals surface area contributed by atoms with Gasteiger partial charge in [0.15, 0.2) is 0 Å². The average molecular weight is 260 g/mol. The minimum atomic E-state index is -1.01. The van der Waals surface area contributed by atoms with Crippen LogP contribution in [0, 0.1) is 6.92 Å². The highest BCUT2D eigenvalue weighted by Gasteiger charge is 2.06. The van der Waals surface area contributed by atoms with Crippen LogP contribution in [0.3, 0.4) is 0 Å². The molecule has 0 fully saturated rings. The smallest absolute Gasteiger partial charge is 0.354 e. The number of nitrogens with zero attached hydrogens (tertiary/aromatic N) is 3. The van der Waals surface area contributed by atoms with Gasteiger partial charge in [0.25, 0.3) is 0 Å². The summed E-state index contributed by atoms with van der Waals surface area (Å²) in [6, 6.07) is 4.98. The number of nitrogens with one attached hydrogen (secondary N) is 1. The molecule has 2 aromatic rings. The molecule has 19 heavy (non-hydrogen) atoms. The van der Waals surface area contributed by atoms with Gasteiger partial charge in [-0.15, -0.1) is 0 Å². The average Bonchev–Trinajstić information content (AvgIpc) is 2.71. The largest absolute Gasteiger partial charge is 0.477 e. The Morgan fingerprint density at radius 3 is 2.84 bits per heavy atom. The second-order valence-corrected chi connectivity index (χ2v) is 4.30. The van der Waals surface area contributed by atoms with Gasteiger partial charge < -0.3 is 10.4 Å². The first-order valence-corrected chi connectivity index (χ1v) is 5.95. The molecule has 0 atom stereocenters. The molecule has 2 heterocycles. The van der Waals surface area contributed by atoms with E-state index in [1.54, 1.807) is 12.1 Å². The van der Waals surface area contributed by atoms with E-state index < -0.39 is 5.97 Å². The monoisotopic (exact) mass is 260 g/mol. The maximum absolute atomic E-state index is 10.8. The van der Waals surface area contributed by atoms with Gasteiger partial charge >= 0.3 is 5.97 Å². The van der Waals surface area contributed by atoms with Gasteiger partial charge in [-0.3, -0.25) is 4.68 Å². The number of aromatic nitrogens is 3. The number of carboxylic acids is 1. The van der Waals surface area contributed by atoms with Gasteiger partial charge in [-0.2, -0.15) is 5.10 Å². The molecule has 6 heteroatoms. The molecule has 0 aliphatic heterocycles. The molecule has 0 saturated carbocycles. The van der Waals surface area contributed by atoms with Gasteiger partial charge in [-0.25, -0.2) is 9.78 Å². The second kappa shape index (κ2) is 5.62. The Bertz CT molecular complexity index is 592. The lowest BCUT2D eigenvalue weighted by Crippen LogP contribution is -2.15. The molecule has 0 saturated heterocycles. The first kappa shape index (κ1) is 13.2. The summed E-state index contributed by atoms with van der Waals surface area (Å²) >= 11 is 0. The standard InChI is InChI=1S/C13H16N4O2/c1-9-10(7-15-17(9)2)6-14-8-11-4-3-5-12(16-11)13(18)19/h3-5,7,14H,6,8H2,1-2H3,(H,18,19).